The molecule has 0 atom stereocenters. The Morgan fingerprint density at radius 1 is 0.641 bits per heavy atom. The summed E-state index contributed by atoms with van der Waals surface area (Å²) in [6.45, 7) is 0. The predicted molar refractivity (Wildman–Crippen MR) is 190 cm³/mol. The molecule has 0 amide bonds. The zero-order valence-corrected chi connectivity index (χ0v) is 29.1. The number of hydrogen-bond acceptors (Lipinski definition) is 9. The van der Waals surface area contributed by atoms with E-state index in [9.17, 15) is 9.59 Å². The average molecular weight is 823 g/mol. The van der Waals surface area contributed by atoms with E-state index in [0.29, 0.717) is 0 Å². The largest absolute Gasteiger partial charge is 0.143 e. The van der Waals surface area contributed by atoms with Gasteiger partial charge in [-0.1, -0.05) is 25.6 Å². The fourth-order valence-corrected chi connectivity index (χ4v) is 7.83. The quantitative estimate of drug-likeness (QED) is 0.110. The zero-order chi connectivity index (χ0) is 27.8. The summed E-state index contributed by atoms with van der Waals surface area (Å²) in [6, 6.07) is 20.9. The molecule has 0 unspecified atom stereocenters. The number of halogens is 3. The van der Waals surface area contributed by atoms with Crippen LogP contribution in [0, 0.1) is 0 Å². The molecule has 1 aliphatic rings. The van der Waals surface area contributed by atoms with Gasteiger partial charge >= 0.3 is 24.8 Å². The molecule has 0 bridgehead atoms. The number of nitrogens with zero attached hydrogens (tertiary/aromatic N) is 1. The van der Waals surface area contributed by atoms with Gasteiger partial charge in [0.15, 0.2) is 11.6 Å². The van der Waals surface area contributed by atoms with Crippen LogP contribution in [0.1, 0.15) is 13.8 Å². The van der Waals surface area contributed by atoms with Crippen LogP contribution in [0.2, 0.25) is 0 Å². The van der Waals surface area contributed by atoms with E-state index in [2.05, 4.69) is 132 Å². The monoisotopic (exact) mass is 820 g/mol. The van der Waals surface area contributed by atoms with Gasteiger partial charge in [-0.2, -0.15) is 0 Å². The summed E-state index contributed by atoms with van der Waals surface area (Å²) in [5.74, 6) is -0.157. The van der Waals surface area contributed by atoms with Crippen LogP contribution >= 0.6 is 117 Å². The summed E-state index contributed by atoms with van der Waals surface area (Å²) < 4.78 is 6.26. The van der Waals surface area contributed by atoms with Gasteiger partial charge in [0.05, 0.1) is 17.8 Å². The molecule has 13 heteroatoms. The van der Waals surface area contributed by atoms with Gasteiger partial charge in [0.2, 0.25) is 0 Å². The number of rotatable bonds is 2. The molecule has 1 radical (unpaired) electrons. The van der Waals surface area contributed by atoms with E-state index < -0.39 is 0 Å². The summed E-state index contributed by atoms with van der Waals surface area (Å²) in [4.78, 5) is 25.7. The first-order valence-corrected chi connectivity index (χ1v) is 17.4. The topological polar surface area (TPSA) is 46.5 Å². The Balaban J connectivity index is 0.000000257. The Kier molecular flexibility index (Phi) is 19.5. The van der Waals surface area contributed by atoms with Crippen LogP contribution in [0.15, 0.2) is 105 Å². The maximum absolute atomic E-state index is 10.1. The van der Waals surface area contributed by atoms with Crippen LogP contribution in [-0.2, 0) is 9.59 Å². The van der Waals surface area contributed by atoms with Crippen molar-refractivity contribution in [3.63, 3.8) is 0 Å². The Bertz CT molecular complexity index is 1310. The van der Waals surface area contributed by atoms with E-state index in [1.165, 1.54) is 43.0 Å². The second-order valence-electron chi connectivity index (χ2n) is 6.64. The number of thiol groups is 1. The molecular weight excluding hydrogens is 801 g/mol. The fraction of sp³-hybridized carbons (Fsp3) is 0.0769. The van der Waals surface area contributed by atoms with Crippen molar-refractivity contribution < 1.29 is 9.59 Å². The summed E-state index contributed by atoms with van der Waals surface area (Å²) >= 11 is 22.2. The number of carbonyl (C=O) groups excluding carboxylic acids is 2. The molecule has 203 valence electrons. The minimum Gasteiger partial charge on any atom is -0.143 e. The van der Waals surface area contributed by atoms with Gasteiger partial charge in [-0.05, 0) is 119 Å². The number of hydrogen-bond donors (Lipinski definition) is 1. The molecule has 0 spiro atoms. The molecule has 0 saturated carbocycles. The van der Waals surface area contributed by atoms with Crippen LogP contribution in [0.4, 0.5) is 0 Å². The van der Waals surface area contributed by atoms with Crippen LogP contribution in [0.25, 0.3) is 19.5 Å². The molecule has 5 heterocycles. The minimum absolute atomic E-state index is 0. The molecule has 0 aliphatic heterocycles. The second kappa shape index (κ2) is 21.0. The molecule has 39 heavy (non-hydrogen) atoms. The maximum Gasteiger partial charge on any atom is 0.0442 e. The number of carbonyl (C=O) groups is 2. The maximum atomic E-state index is 10.1. The number of allylic oxidation sites excluding steroid dienone is 2. The first kappa shape index (κ1) is 36.3. The van der Waals surface area contributed by atoms with E-state index in [4.69, 9.17) is 0 Å². The van der Waals surface area contributed by atoms with Crippen molar-refractivity contribution in [1.29, 1.82) is 0 Å². The molecule has 0 fully saturated rings. The van der Waals surface area contributed by atoms with Crippen molar-refractivity contribution in [2.75, 3.05) is 0 Å². The summed E-state index contributed by atoms with van der Waals surface area (Å²) in [5.41, 5.74) is 0. The number of ketones is 2. The Labute approximate surface area is 281 Å². The SMILES string of the molecule is Brc1ccc(-c2ccc(Br)s2)s1.Brc1cccs1.C.O=C1C=CC(=O)C1.[B]=NS.c1csc(-c2cccs2)c1. The van der Waals surface area contributed by atoms with Crippen molar-refractivity contribution in [3.8, 4) is 19.5 Å². The van der Waals surface area contributed by atoms with Crippen LogP contribution in [0.5, 0.6) is 0 Å². The normalized spacial score (nSPS) is 10.8. The van der Waals surface area contributed by atoms with E-state index in [1.807, 2.05) is 17.5 Å². The number of thiophene rings is 5. The molecule has 0 saturated heterocycles. The van der Waals surface area contributed by atoms with E-state index in [-0.39, 0.29) is 25.4 Å². The third-order valence-corrected chi connectivity index (χ3v) is 10.8. The van der Waals surface area contributed by atoms with Gasteiger partial charge in [-0.25, -0.2) is 0 Å². The summed E-state index contributed by atoms with van der Waals surface area (Å²) in [6.07, 6.45) is 2.70. The van der Waals surface area contributed by atoms with Gasteiger partial charge in [-0.3, -0.25) is 9.59 Å². The Morgan fingerprint density at radius 2 is 1.05 bits per heavy atom. The Hall–Kier alpha value is -0.765. The second-order valence-corrected chi connectivity index (χ2v) is 16.0. The molecular formula is C26H22BBr3NO2S6. The van der Waals surface area contributed by atoms with E-state index >= 15 is 0 Å². The fourth-order valence-electron chi connectivity index (χ4n) is 2.46. The third kappa shape index (κ3) is 15.2. The van der Waals surface area contributed by atoms with Crippen LogP contribution in [-0.4, -0.2) is 19.2 Å². The minimum atomic E-state index is -0.0787. The molecule has 0 N–H and O–H groups in total. The van der Waals surface area contributed by atoms with Crippen molar-refractivity contribution in [3.05, 3.63) is 100 Å². The first-order chi connectivity index (χ1) is 18.3. The average Bonchev–Trinajstić information content (AvgIpc) is 3.69. The van der Waals surface area contributed by atoms with Gasteiger partial charge in [0.1, 0.15) is 0 Å². The smallest absolute Gasteiger partial charge is 0.0442 e. The summed E-state index contributed by atoms with van der Waals surface area (Å²) in [7, 11) is 4.34. The molecule has 3 nitrogen and oxygen atoms in total. The zero-order valence-electron chi connectivity index (χ0n) is 19.3. The van der Waals surface area contributed by atoms with Crippen molar-refractivity contribution in [2.45, 2.75) is 13.8 Å². The van der Waals surface area contributed by atoms with Crippen molar-refractivity contribution in [2.24, 2.45) is 4.30 Å². The molecule has 0 aromatic carbocycles. The molecule has 5 aromatic heterocycles. The van der Waals surface area contributed by atoms with Crippen LogP contribution in [0.3, 0.4) is 0 Å². The molecule has 5 aromatic rings. The van der Waals surface area contributed by atoms with E-state index in [0.717, 1.165) is 0 Å². The van der Waals surface area contributed by atoms with Gasteiger partial charge in [-0.15, -0.1) is 56.7 Å². The van der Waals surface area contributed by atoms with Gasteiger partial charge in [0.25, 0.3) is 0 Å². The van der Waals surface area contributed by atoms with Gasteiger partial charge < -0.3 is 0 Å². The molecule has 6 rings (SSSR count). The standard InChI is InChI=1S/C8H4Br2S2.C8H6S2.C5H4O2.C4H3BrS.CH4.BHNS/c9-7-3-1-5(11-7)6-2-4-8(10)12-6;1-3-7(9-5-1)8-4-2-6-10-8;6-4-1-2-5(7)3-4;5-4-2-1-3-6-4;;1-2-3/h1-4H;1-6H;1-2H,3H2;1-3H;1H4;3H. The van der Waals surface area contributed by atoms with Crippen molar-refractivity contribution in [1.82, 2.24) is 0 Å². The van der Waals surface area contributed by atoms with E-state index in [1.54, 1.807) is 56.7 Å². The van der Waals surface area contributed by atoms with Gasteiger partial charge in [0, 0.05) is 19.5 Å². The molecule has 1 aliphatic carbocycles. The third-order valence-electron chi connectivity index (χ3n) is 3.96. The van der Waals surface area contributed by atoms with Crippen LogP contribution < -0.4 is 0 Å². The Morgan fingerprint density at radius 3 is 1.26 bits per heavy atom. The van der Waals surface area contributed by atoms with Crippen molar-refractivity contribution >= 4 is 136 Å². The predicted octanol–water partition coefficient (Wildman–Crippen LogP) is 11.9. The summed E-state index contributed by atoms with van der Waals surface area (Å²) in [5, 5.41) is 6.24. The first-order valence-electron chi connectivity index (χ1n) is 10.4.